The van der Waals surface area contributed by atoms with Crippen LogP contribution in [0, 0.1) is 0 Å². The molecular formula is C16H29N3O. The molecule has 4 nitrogen and oxygen atoms in total. The van der Waals surface area contributed by atoms with E-state index in [-0.39, 0.29) is 11.6 Å². The molecule has 0 spiro atoms. The molecule has 0 radical (unpaired) electrons. The van der Waals surface area contributed by atoms with Crippen LogP contribution in [0.5, 0.6) is 0 Å². The lowest BCUT2D eigenvalue weighted by molar-refractivity contribution is -0.0290. The second-order valence-electron chi connectivity index (χ2n) is 6.43. The highest BCUT2D eigenvalue weighted by Crippen LogP contribution is 2.27. The summed E-state index contributed by atoms with van der Waals surface area (Å²) in [6.45, 7) is 6.81. The van der Waals surface area contributed by atoms with Crippen molar-refractivity contribution in [2.45, 2.75) is 77.0 Å². The SMILES string of the molecule is CCOC(C)(C)C(N)Cc1ccn(C2CCCCC2)n1. The van der Waals surface area contributed by atoms with Crippen molar-refractivity contribution < 1.29 is 4.74 Å². The molecular weight excluding hydrogens is 250 g/mol. The lowest BCUT2D eigenvalue weighted by Crippen LogP contribution is -2.46. The van der Waals surface area contributed by atoms with Gasteiger partial charge in [-0.25, -0.2) is 0 Å². The van der Waals surface area contributed by atoms with Gasteiger partial charge in [-0.1, -0.05) is 19.3 Å². The Morgan fingerprint density at radius 1 is 1.40 bits per heavy atom. The lowest BCUT2D eigenvalue weighted by Gasteiger charge is -2.31. The summed E-state index contributed by atoms with van der Waals surface area (Å²) in [5.41, 5.74) is 7.06. The number of hydrogen-bond donors (Lipinski definition) is 1. The van der Waals surface area contributed by atoms with E-state index < -0.39 is 0 Å². The number of nitrogens with two attached hydrogens (primary N) is 1. The molecule has 114 valence electrons. The van der Waals surface area contributed by atoms with E-state index in [2.05, 4.69) is 30.8 Å². The summed E-state index contributed by atoms with van der Waals surface area (Å²) in [4.78, 5) is 0. The van der Waals surface area contributed by atoms with Crippen molar-refractivity contribution in [3.8, 4) is 0 Å². The second kappa shape index (κ2) is 6.72. The van der Waals surface area contributed by atoms with E-state index in [1.54, 1.807) is 0 Å². The predicted molar refractivity (Wildman–Crippen MR) is 81.7 cm³/mol. The standard InChI is InChI=1S/C16H29N3O/c1-4-20-16(2,3)15(17)12-13-10-11-19(18-13)14-8-6-5-7-9-14/h10-11,14-15H,4-9,12,17H2,1-3H3. The van der Waals surface area contributed by atoms with Gasteiger partial charge in [0.2, 0.25) is 0 Å². The zero-order valence-electron chi connectivity index (χ0n) is 13.1. The van der Waals surface area contributed by atoms with Gasteiger partial charge in [0.25, 0.3) is 0 Å². The van der Waals surface area contributed by atoms with Crippen LogP contribution in [0.2, 0.25) is 0 Å². The van der Waals surface area contributed by atoms with Gasteiger partial charge in [0.1, 0.15) is 0 Å². The monoisotopic (exact) mass is 279 g/mol. The molecule has 0 amide bonds. The maximum atomic E-state index is 6.28. The van der Waals surface area contributed by atoms with Gasteiger partial charge >= 0.3 is 0 Å². The van der Waals surface area contributed by atoms with Crippen molar-refractivity contribution in [3.05, 3.63) is 18.0 Å². The van der Waals surface area contributed by atoms with Crippen LogP contribution in [0.25, 0.3) is 0 Å². The van der Waals surface area contributed by atoms with Crippen LogP contribution in [-0.4, -0.2) is 28.0 Å². The number of rotatable bonds is 6. The quantitative estimate of drug-likeness (QED) is 0.870. The Kier molecular flexibility index (Phi) is 5.22. The summed E-state index contributed by atoms with van der Waals surface area (Å²) in [5.74, 6) is 0. The molecule has 2 N–H and O–H groups in total. The summed E-state index contributed by atoms with van der Waals surface area (Å²) < 4.78 is 7.87. The van der Waals surface area contributed by atoms with Crippen LogP contribution in [0.4, 0.5) is 0 Å². The first-order valence-corrected chi connectivity index (χ1v) is 7.96. The van der Waals surface area contributed by atoms with E-state index in [0.29, 0.717) is 12.6 Å². The van der Waals surface area contributed by atoms with Gasteiger partial charge in [0.15, 0.2) is 0 Å². The average molecular weight is 279 g/mol. The number of ether oxygens (including phenoxy) is 1. The zero-order valence-corrected chi connectivity index (χ0v) is 13.1. The van der Waals surface area contributed by atoms with Crippen molar-refractivity contribution in [3.63, 3.8) is 0 Å². The van der Waals surface area contributed by atoms with Crippen LogP contribution in [0.1, 0.15) is 64.6 Å². The molecule has 1 unspecified atom stereocenters. The minimum absolute atomic E-state index is 0.0304. The molecule has 1 saturated carbocycles. The van der Waals surface area contributed by atoms with Gasteiger partial charge in [0.05, 0.1) is 17.3 Å². The largest absolute Gasteiger partial charge is 0.374 e. The molecule has 1 aromatic rings. The van der Waals surface area contributed by atoms with E-state index in [4.69, 9.17) is 15.6 Å². The van der Waals surface area contributed by atoms with Crippen LogP contribution in [0.15, 0.2) is 12.3 Å². The molecule has 2 rings (SSSR count). The van der Waals surface area contributed by atoms with E-state index in [1.807, 2.05) is 6.92 Å². The van der Waals surface area contributed by atoms with E-state index in [9.17, 15) is 0 Å². The third kappa shape index (κ3) is 3.83. The van der Waals surface area contributed by atoms with Crippen LogP contribution < -0.4 is 5.73 Å². The fourth-order valence-electron chi connectivity index (χ4n) is 2.99. The number of hydrogen-bond acceptors (Lipinski definition) is 3. The van der Waals surface area contributed by atoms with Gasteiger partial charge in [-0.2, -0.15) is 5.10 Å². The first-order chi connectivity index (χ1) is 9.53. The van der Waals surface area contributed by atoms with Gasteiger partial charge in [-0.05, 0) is 39.7 Å². The minimum atomic E-state index is -0.302. The highest BCUT2D eigenvalue weighted by atomic mass is 16.5. The zero-order chi connectivity index (χ0) is 14.6. The fraction of sp³-hybridized carbons (Fsp3) is 0.812. The topological polar surface area (TPSA) is 53.1 Å². The smallest absolute Gasteiger partial charge is 0.0780 e. The lowest BCUT2D eigenvalue weighted by atomic mass is 9.95. The van der Waals surface area contributed by atoms with E-state index >= 15 is 0 Å². The number of aromatic nitrogens is 2. The molecule has 1 aliphatic carbocycles. The Morgan fingerprint density at radius 3 is 2.75 bits per heavy atom. The molecule has 1 aliphatic rings. The van der Waals surface area contributed by atoms with Crippen LogP contribution in [-0.2, 0) is 11.2 Å². The van der Waals surface area contributed by atoms with Gasteiger partial charge in [0, 0.05) is 25.3 Å². The Morgan fingerprint density at radius 2 is 2.10 bits per heavy atom. The maximum absolute atomic E-state index is 6.28. The second-order valence-corrected chi connectivity index (χ2v) is 6.43. The van der Waals surface area contributed by atoms with Crippen molar-refractivity contribution >= 4 is 0 Å². The number of nitrogens with zero attached hydrogens (tertiary/aromatic N) is 2. The van der Waals surface area contributed by atoms with Gasteiger partial charge in [-0.3, -0.25) is 4.68 Å². The van der Waals surface area contributed by atoms with E-state index in [0.717, 1.165) is 12.1 Å². The minimum Gasteiger partial charge on any atom is -0.374 e. The third-order valence-electron chi connectivity index (χ3n) is 4.45. The molecule has 1 aromatic heterocycles. The van der Waals surface area contributed by atoms with Gasteiger partial charge in [-0.15, -0.1) is 0 Å². The molecule has 0 saturated heterocycles. The van der Waals surface area contributed by atoms with Crippen molar-refractivity contribution in [1.82, 2.24) is 9.78 Å². The van der Waals surface area contributed by atoms with Crippen molar-refractivity contribution in [2.75, 3.05) is 6.61 Å². The molecule has 1 heterocycles. The molecule has 1 fully saturated rings. The Balaban J connectivity index is 1.95. The highest BCUT2D eigenvalue weighted by Gasteiger charge is 2.27. The first-order valence-electron chi connectivity index (χ1n) is 7.96. The third-order valence-corrected chi connectivity index (χ3v) is 4.45. The first kappa shape index (κ1) is 15.5. The molecule has 4 heteroatoms. The summed E-state index contributed by atoms with van der Waals surface area (Å²) in [6, 6.07) is 2.67. The molecule has 1 atom stereocenters. The maximum Gasteiger partial charge on any atom is 0.0780 e. The Labute approximate surface area is 122 Å². The van der Waals surface area contributed by atoms with Crippen LogP contribution >= 0.6 is 0 Å². The van der Waals surface area contributed by atoms with Crippen molar-refractivity contribution in [2.24, 2.45) is 5.73 Å². The molecule has 20 heavy (non-hydrogen) atoms. The van der Waals surface area contributed by atoms with Crippen molar-refractivity contribution in [1.29, 1.82) is 0 Å². The fourth-order valence-corrected chi connectivity index (χ4v) is 2.99. The highest BCUT2D eigenvalue weighted by molar-refractivity contribution is 5.04. The molecule has 0 aliphatic heterocycles. The van der Waals surface area contributed by atoms with E-state index in [1.165, 1.54) is 32.1 Å². The summed E-state index contributed by atoms with van der Waals surface area (Å²) in [5, 5.41) is 4.73. The van der Waals surface area contributed by atoms with Gasteiger partial charge < -0.3 is 10.5 Å². The normalized spacial score (nSPS) is 19.2. The summed E-state index contributed by atoms with van der Waals surface area (Å²) >= 11 is 0. The molecule has 0 bridgehead atoms. The predicted octanol–water partition coefficient (Wildman–Crippen LogP) is 3.07. The average Bonchev–Trinajstić information content (AvgIpc) is 2.88. The Bertz CT molecular complexity index is 408. The summed E-state index contributed by atoms with van der Waals surface area (Å²) in [6.07, 6.45) is 9.44. The Hall–Kier alpha value is -0.870. The molecule has 0 aromatic carbocycles. The van der Waals surface area contributed by atoms with Crippen LogP contribution in [0.3, 0.4) is 0 Å². The summed E-state index contributed by atoms with van der Waals surface area (Å²) in [7, 11) is 0.